The van der Waals surface area contributed by atoms with Gasteiger partial charge in [-0.15, -0.1) is 22.7 Å². The molecule has 2 N–H and O–H groups in total. The molecule has 36 heavy (non-hydrogen) atoms. The molecule has 0 bridgehead atoms. The van der Waals surface area contributed by atoms with E-state index in [1.165, 1.54) is 17.8 Å². The Hall–Kier alpha value is -2.32. The van der Waals surface area contributed by atoms with Gasteiger partial charge in [0, 0.05) is 42.2 Å². The van der Waals surface area contributed by atoms with Crippen LogP contribution in [0.2, 0.25) is 5.02 Å². The van der Waals surface area contributed by atoms with Gasteiger partial charge < -0.3 is 10.2 Å². The van der Waals surface area contributed by atoms with Crippen LogP contribution in [0.4, 0.5) is 4.79 Å². The number of hydrazine groups is 1. The summed E-state index contributed by atoms with van der Waals surface area (Å²) in [6.07, 6.45) is 0.944. The SMILES string of the molecule is O=C(O)c1cc(Cl)c(CCN2C(=O)SCCN2CCC(O)Cc2cccc(C#Cc3cccs3)c2)s1. The first kappa shape index (κ1) is 26.7. The third-order valence-corrected chi connectivity index (χ3v) is 8.88. The second-order valence-corrected chi connectivity index (χ2v) is 11.7. The van der Waals surface area contributed by atoms with Gasteiger partial charge in [-0.3, -0.25) is 9.80 Å². The van der Waals surface area contributed by atoms with Gasteiger partial charge in [-0.05, 0) is 48.1 Å². The molecule has 1 aliphatic heterocycles. The number of carbonyl (C=O) groups excluding carboxylic acids is 1. The van der Waals surface area contributed by atoms with Crippen LogP contribution in [0.15, 0.2) is 47.8 Å². The first-order valence-electron chi connectivity index (χ1n) is 11.4. The molecular weight excluding hydrogens is 536 g/mol. The van der Waals surface area contributed by atoms with Crippen molar-refractivity contribution >= 4 is 57.2 Å². The molecule has 0 radical (unpaired) electrons. The smallest absolute Gasteiger partial charge is 0.345 e. The zero-order chi connectivity index (χ0) is 25.5. The number of carboxylic acid groups (broad SMARTS) is 1. The summed E-state index contributed by atoms with van der Waals surface area (Å²) in [5.41, 5.74) is 1.93. The van der Waals surface area contributed by atoms with Gasteiger partial charge in [0.15, 0.2) is 0 Å². The number of thiophene rings is 2. The van der Waals surface area contributed by atoms with Crippen molar-refractivity contribution < 1.29 is 19.8 Å². The predicted octanol–water partition coefficient (Wildman–Crippen LogP) is 5.48. The van der Waals surface area contributed by atoms with Crippen molar-refractivity contribution in [2.24, 2.45) is 0 Å². The van der Waals surface area contributed by atoms with E-state index in [4.69, 9.17) is 11.6 Å². The van der Waals surface area contributed by atoms with E-state index in [-0.39, 0.29) is 10.1 Å². The van der Waals surface area contributed by atoms with Crippen LogP contribution >= 0.6 is 46.0 Å². The molecule has 1 fully saturated rings. The molecule has 3 heterocycles. The lowest BCUT2D eigenvalue weighted by molar-refractivity contribution is 0.0148. The molecule has 4 rings (SSSR count). The Kier molecular flexibility index (Phi) is 9.48. The molecule has 2 aromatic heterocycles. The number of halogens is 1. The number of carbonyl (C=O) groups is 2. The van der Waals surface area contributed by atoms with Crippen LogP contribution in [0, 0.1) is 11.8 Å². The number of hydrogen-bond donors (Lipinski definition) is 2. The van der Waals surface area contributed by atoms with E-state index in [0.717, 1.165) is 32.2 Å². The second kappa shape index (κ2) is 12.8. The standard InChI is InChI=1S/C26H25ClN2O4S3/c27-22-17-24(25(31)32)36-23(22)9-11-29-26(33)35-14-12-28(29)10-8-20(30)16-19-4-1-3-18(15-19)6-7-21-5-2-13-34-21/h1-5,13,15,17,20,30H,8-12,14,16H2,(H,31,32). The second-order valence-electron chi connectivity index (χ2n) is 8.20. The zero-order valence-corrected chi connectivity index (χ0v) is 22.6. The zero-order valence-electron chi connectivity index (χ0n) is 19.4. The quantitative estimate of drug-likeness (QED) is 0.337. The van der Waals surface area contributed by atoms with Crippen LogP contribution < -0.4 is 0 Å². The van der Waals surface area contributed by atoms with Crippen molar-refractivity contribution in [2.75, 3.05) is 25.4 Å². The van der Waals surface area contributed by atoms with Crippen molar-refractivity contribution in [3.8, 4) is 11.8 Å². The van der Waals surface area contributed by atoms with Crippen LogP contribution in [-0.4, -0.2) is 62.9 Å². The average Bonchev–Trinajstić information content (AvgIpc) is 3.51. The molecule has 1 aromatic carbocycles. The number of carboxylic acids is 1. The molecule has 1 atom stereocenters. The minimum Gasteiger partial charge on any atom is -0.477 e. The number of aliphatic hydroxyl groups is 1. The molecule has 1 amide bonds. The third kappa shape index (κ3) is 7.35. The first-order chi connectivity index (χ1) is 17.4. The van der Waals surface area contributed by atoms with Gasteiger partial charge in [-0.25, -0.2) is 9.80 Å². The van der Waals surface area contributed by atoms with E-state index in [1.807, 2.05) is 46.8 Å². The molecule has 1 unspecified atom stereocenters. The Morgan fingerprint density at radius 2 is 2.03 bits per heavy atom. The van der Waals surface area contributed by atoms with Gasteiger partial charge >= 0.3 is 5.97 Å². The number of benzene rings is 1. The first-order valence-corrected chi connectivity index (χ1v) is 14.5. The van der Waals surface area contributed by atoms with E-state index in [9.17, 15) is 19.8 Å². The van der Waals surface area contributed by atoms with Crippen LogP contribution in [0.5, 0.6) is 0 Å². The van der Waals surface area contributed by atoms with Crippen molar-refractivity contribution in [3.05, 3.63) is 78.6 Å². The summed E-state index contributed by atoms with van der Waals surface area (Å²) in [4.78, 5) is 25.8. The van der Waals surface area contributed by atoms with Crippen molar-refractivity contribution in [1.29, 1.82) is 0 Å². The fourth-order valence-corrected chi connectivity index (χ4v) is 6.50. The maximum absolute atomic E-state index is 12.6. The molecule has 3 aromatic rings. The summed E-state index contributed by atoms with van der Waals surface area (Å²) in [6, 6.07) is 13.3. The highest BCUT2D eigenvalue weighted by Crippen LogP contribution is 2.29. The molecule has 10 heteroatoms. The number of amides is 1. The van der Waals surface area contributed by atoms with Crippen molar-refractivity contribution in [1.82, 2.24) is 10.0 Å². The normalized spacial score (nSPS) is 14.9. The molecule has 188 valence electrons. The summed E-state index contributed by atoms with van der Waals surface area (Å²) in [7, 11) is 0. The Bertz CT molecular complexity index is 1270. The molecular formula is C26H25ClN2O4S3. The Morgan fingerprint density at radius 3 is 2.78 bits per heavy atom. The number of hydrogen-bond acceptors (Lipinski definition) is 7. The number of aromatic carboxylic acids is 1. The fourth-order valence-electron chi connectivity index (χ4n) is 3.84. The highest BCUT2D eigenvalue weighted by Gasteiger charge is 2.27. The number of aliphatic hydroxyl groups excluding tert-OH is 1. The third-order valence-electron chi connectivity index (χ3n) is 5.62. The molecule has 1 aliphatic rings. The van der Waals surface area contributed by atoms with E-state index in [0.29, 0.717) is 49.7 Å². The monoisotopic (exact) mass is 560 g/mol. The van der Waals surface area contributed by atoms with Gasteiger partial charge in [-0.2, -0.15) is 0 Å². The van der Waals surface area contributed by atoms with E-state index < -0.39 is 12.1 Å². The van der Waals surface area contributed by atoms with Crippen molar-refractivity contribution in [2.45, 2.75) is 25.4 Å². The Morgan fingerprint density at radius 1 is 1.17 bits per heavy atom. The van der Waals surface area contributed by atoms with E-state index in [1.54, 1.807) is 16.3 Å². The van der Waals surface area contributed by atoms with Gasteiger partial charge in [0.1, 0.15) is 4.88 Å². The number of nitrogens with zero attached hydrogens (tertiary/aromatic N) is 2. The van der Waals surface area contributed by atoms with Crippen LogP contribution in [0.25, 0.3) is 0 Å². The highest BCUT2D eigenvalue weighted by molar-refractivity contribution is 8.13. The van der Waals surface area contributed by atoms with Crippen LogP contribution in [-0.2, 0) is 12.8 Å². The fraction of sp³-hybridized carbons (Fsp3) is 0.308. The average molecular weight is 561 g/mol. The summed E-state index contributed by atoms with van der Waals surface area (Å²) in [5.74, 6) is 6.02. The summed E-state index contributed by atoms with van der Waals surface area (Å²) in [6.45, 7) is 1.66. The number of thioether (sulfide) groups is 1. The van der Waals surface area contributed by atoms with Crippen LogP contribution in [0.1, 0.15) is 37.0 Å². The van der Waals surface area contributed by atoms with Gasteiger partial charge in [-0.1, -0.05) is 53.4 Å². The predicted molar refractivity (Wildman–Crippen MR) is 147 cm³/mol. The number of rotatable bonds is 9. The minimum atomic E-state index is -1.01. The van der Waals surface area contributed by atoms with Crippen LogP contribution in [0.3, 0.4) is 0 Å². The van der Waals surface area contributed by atoms with Crippen molar-refractivity contribution in [3.63, 3.8) is 0 Å². The van der Waals surface area contributed by atoms with Gasteiger partial charge in [0.05, 0.1) is 16.0 Å². The maximum atomic E-state index is 12.6. The Balaban J connectivity index is 1.32. The molecule has 0 aliphatic carbocycles. The highest BCUT2D eigenvalue weighted by atomic mass is 35.5. The van der Waals surface area contributed by atoms with Gasteiger partial charge in [0.25, 0.3) is 5.24 Å². The summed E-state index contributed by atoms with van der Waals surface area (Å²) < 4.78 is 0. The summed E-state index contributed by atoms with van der Waals surface area (Å²) >= 11 is 10.2. The lowest BCUT2D eigenvalue weighted by Gasteiger charge is -2.38. The van der Waals surface area contributed by atoms with E-state index >= 15 is 0 Å². The largest absolute Gasteiger partial charge is 0.477 e. The Labute approximate surface area is 227 Å². The van der Waals surface area contributed by atoms with E-state index in [2.05, 4.69) is 11.8 Å². The summed E-state index contributed by atoms with van der Waals surface area (Å²) in [5, 5.41) is 25.9. The lowest BCUT2D eigenvalue weighted by Crippen LogP contribution is -2.51. The molecule has 0 spiro atoms. The maximum Gasteiger partial charge on any atom is 0.345 e. The molecule has 1 saturated heterocycles. The topological polar surface area (TPSA) is 81.1 Å². The molecule has 0 saturated carbocycles. The molecule has 6 nitrogen and oxygen atoms in total. The minimum absolute atomic E-state index is 0.0427. The van der Waals surface area contributed by atoms with Gasteiger partial charge in [0.2, 0.25) is 0 Å². The lowest BCUT2D eigenvalue weighted by atomic mass is 10.0.